The summed E-state index contributed by atoms with van der Waals surface area (Å²) in [6.07, 6.45) is 3.42. The molecule has 0 spiro atoms. The smallest absolute Gasteiger partial charge is 0.0926 e. The number of nitrogens with zero attached hydrogens (tertiary/aromatic N) is 3. The Labute approximate surface area is 114 Å². The SMILES string of the molecule is CCn1nc(CO)c2c1CCN(C1CCCOC1)C2. The Morgan fingerprint density at radius 2 is 2.37 bits per heavy atom. The molecule has 0 bridgehead atoms. The normalized spacial score (nSPS) is 24.4. The largest absolute Gasteiger partial charge is 0.390 e. The lowest BCUT2D eigenvalue weighted by Gasteiger charge is -2.36. The van der Waals surface area contributed by atoms with Gasteiger partial charge in [-0.2, -0.15) is 5.10 Å². The number of ether oxygens (including phenoxy) is 1. The van der Waals surface area contributed by atoms with Gasteiger partial charge in [-0.1, -0.05) is 0 Å². The van der Waals surface area contributed by atoms with Crippen LogP contribution in [0.25, 0.3) is 0 Å². The van der Waals surface area contributed by atoms with Crippen LogP contribution in [0.15, 0.2) is 0 Å². The molecule has 0 aliphatic carbocycles. The Morgan fingerprint density at radius 1 is 1.47 bits per heavy atom. The van der Waals surface area contributed by atoms with Gasteiger partial charge in [-0.05, 0) is 19.8 Å². The molecule has 1 aromatic rings. The summed E-state index contributed by atoms with van der Waals surface area (Å²) in [5.74, 6) is 0. The molecular formula is C14H23N3O2. The van der Waals surface area contributed by atoms with Gasteiger partial charge in [0.1, 0.15) is 0 Å². The van der Waals surface area contributed by atoms with Gasteiger partial charge in [0.2, 0.25) is 0 Å². The third-order valence-corrected chi connectivity index (χ3v) is 4.35. The Kier molecular flexibility index (Phi) is 3.86. The lowest BCUT2D eigenvalue weighted by Crippen LogP contribution is -2.44. The van der Waals surface area contributed by atoms with Crippen molar-refractivity contribution in [3.05, 3.63) is 17.0 Å². The number of rotatable bonds is 3. The van der Waals surface area contributed by atoms with Crippen LogP contribution in [0.5, 0.6) is 0 Å². The van der Waals surface area contributed by atoms with E-state index in [0.717, 1.165) is 51.4 Å². The van der Waals surface area contributed by atoms with E-state index in [2.05, 4.69) is 21.6 Å². The molecule has 1 aromatic heterocycles. The summed E-state index contributed by atoms with van der Waals surface area (Å²) in [6, 6.07) is 0.540. The molecular weight excluding hydrogens is 242 g/mol. The van der Waals surface area contributed by atoms with E-state index in [0.29, 0.717) is 6.04 Å². The van der Waals surface area contributed by atoms with Crippen LogP contribution in [0.3, 0.4) is 0 Å². The quantitative estimate of drug-likeness (QED) is 0.883. The number of aromatic nitrogens is 2. The number of aryl methyl sites for hydroxylation is 1. The van der Waals surface area contributed by atoms with Gasteiger partial charge in [-0.3, -0.25) is 9.58 Å². The van der Waals surface area contributed by atoms with Crippen LogP contribution in [0, 0.1) is 0 Å². The van der Waals surface area contributed by atoms with Gasteiger partial charge in [0.15, 0.2) is 0 Å². The fourth-order valence-electron chi connectivity index (χ4n) is 3.29. The van der Waals surface area contributed by atoms with E-state index in [-0.39, 0.29) is 6.61 Å². The number of fused-ring (bicyclic) bond motifs is 1. The second-order valence-electron chi connectivity index (χ2n) is 5.44. The highest BCUT2D eigenvalue weighted by atomic mass is 16.5. The van der Waals surface area contributed by atoms with Crippen molar-refractivity contribution < 1.29 is 9.84 Å². The first-order valence-corrected chi connectivity index (χ1v) is 7.33. The molecule has 1 saturated heterocycles. The maximum atomic E-state index is 9.48. The van der Waals surface area contributed by atoms with Crippen molar-refractivity contribution in [3.63, 3.8) is 0 Å². The van der Waals surface area contributed by atoms with Crippen LogP contribution in [0.2, 0.25) is 0 Å². The Hall–Kier alpha value is -0.910. The molecule has 5 heteroatoms. The number of hydrogen-bond donors (Lipinski definition) is 1. The molecule has 0 radical (unpaired) electrons. The van der Waals surface area contributed by atoms with Crippen molar-refractivity contribution in [1.82, 2.24) is 14.7 Å². The summed E-state index contributed by atoms with van der Waals surface area (Å²) in [4.78, 5) is 2.50. The number of hydrogen-bond acceptors (Lipinski definition) is 4. The Bertz CT molecular complexity index is 438. The molecule has 3 heterocycles. The number of aliphatic hydroxyl groups excluding tert-OH is 1. The van der Waals surface area contributed by atoms with E-state index in [1.165, 1.54) is 17.7 Å². The molecule has 2 aliphatic rings. The van der Waals surface area contributed by atoms with E-state index in [4.69, 9.17) is 4.74 Å². The molecule has 0 aromatic carbocycles. The maximum absolute atomic E-state index is 9.48. The van der Waals surface area contributed by atoms with Gasteiger partial charge in [0.05, 0.1) is 18.9 Å². The van der Waals surface area contributed by atoms with Crippen LogP contribution in [-0.4, -0.2) is 45.6 Å². The Morgan fingerprint density at radius 3 is 3.05 bits per heavy atom. The summed E-state index contributed by atoms with van der Waals surface area (Å²) in [7, 11) is 0. The minimum Gasteiger partial charge on any atom is -0.390 e. The monoisotopic (exact) mass is 265 g/mol. The summed E-state index contributed by atoms with van der Waals surface area (Å²) in [6.45, 7) is 6.79. The van der Waals surface area contributed by atoms with Gasteiger partial charge in [0.25, 0.3) is 0 Å². The van der Waals surface area contributed by atoms with Crippen LogP contribution < -0.4 is 0 Å². The third-order valence-electron chi connectivity index (χ3n) is 4.35. The third kappa shape index (κ3) is 2.42. The number of aliphatic hydroxyl groups is 1. The minimum absolute atomic E-state index is 0.0460. The van der Waals surface area contributed by atoms with Crippen molar-refractivity contribution in [2.45, 2.75) is 51.9 Å². The average molecular weight is 265 g/mol. The second-order valence-corrected chi connectivity index (χ2v) is 5.44. The summed E-state index contributed by atoms with van der Waals surface area (Å²) in [5, 5.41) is 14.0. The van der Waals surface area contributed by atoms with Gasteiger partial charge < -0.3 is 9.84 Å². The first kappa shape index (κ1) is 13.1. The molecule has 19 heavy (non-hydrogen) atoms. The topological polar surface area (TPSA) is 50.5 Å². The van der Waals surface area contributed by atoms with E-state index in [1.54, 1.807) is 0 Å². The minimum atomic E-state index is 0.0460. The van der Waals surface area contributed by atoms with Crippen LogP contribution >= 0.6 is 0 Å². The summed E-state index contributed by atoms with van der Waals surface area (Å²) in [5.41, 5.74) is 3.43. The molecule has 2 aliphatic heterocycles. The zero-order chi connectivity index (χ0) is 13.2. The first-order chi connectivity index (χ1) is 9.33. The second kappa shape index (κ2) is 5.61. The van der Waals surface area contributed by atoms with Crippen molar-refractivity contribution >= 4 is 0 Å². The fraction of sp³-hybridized carbons (Fsp3) is 0.786. The molecule has 1 fully saturated rings. The van der Waals surface area contributed by atoms with Gasteiger partial charge >= 0.3 is 0 Å². The van der Waals surface area contributed by atoms with Gasteiger partial charge in [0, 0.05) is 50.0 Å². The highest BCUT2D eigenvalue weighted by molar-refractivity contribution is 5.28. The van der Waals surface area contributed by atoms with Crippen LogP contribution in [-0.2, 0) is 30.9 Å². The molecule has 0 amide bonds. The lowest BCUT2D eigenvalue weighted by molar-refractivity contribution is 0.0120. The molecule has 106 valence electrons. The van der Waals surface area contributed by atoms with E-state index < -0.39 is 0 Å². The van der Waals surface area contributed by atoms with E-state index in [9.17, 15) is 5.11 Å². The van der Waals surface area contributed by atoms with Crippen molar-refractivity contribution in [2.75, 3.05) is 19.8 Å². The summed E-state index contributed by atoms with van der Waals surface area (Å²) >= 11 is 0. The molecule has 1 atom stereocenters. The molecule has 1 unspecified atom stereocenters. The highest BCUT2D eigenvalue weighted by Crippen LogP contribution is 2.26. The predicted molar refractivity (Wildman–Crippen MR) is 71.8 cm³/mol. The molecule has 3 rings (SSSR count). The van der Waals surface area contributed by atoms with E-state index in [1.807, 2.05) is 0 Å². The lowest BCUT2D eigenvalue weighted by atomic mass is 10.0. The first-order valence-electron chi connectivity index (χ1n) is 7.33. The van der Waals surface area contributed by atoms with Crippen molar-refractivity contribution in [3.8, 4) is 0 Å². The van der Waals surface area contributed by atoms with Gasteiger partial charge in [-0.25, -0.2) is 0 Å². The van der Waals surface area contributed by atoms with Crippen molar-refractivity contribution in [2.24, 2.45) is 0 Å². The standard InChI is InChI=1S/C14H23N3O2/c1-2-17-14-5-6-16(11-4-3-7-19-10-11)8-12(14)13(9-18)15-17/h11,18H,2-10H2,1H3. The summed E-state index contributed by atoms with van der Waals surface area (Å²) < 4.78 is 7.65. The maximum Gasteiger partial charge on any atom is 0.0926 e. The van der Waals surface area contributed by atoms with E-state index >= 15 is 0 Å². The predicted octanol–water partition coefficient (Wildman–Crippen LogP) is 0.932. The molecule has 1 N–H and O–H groups in total. The Balaban J connectivity index is 1.80. The van der Waals surface area contributed by atoms with Gasteiger partial charge in [-0.15, -0.1) is 0 Å². The zero-order valence-electron chi connectivity index (χ0n) is 11.6. The van der Waals surface area contributed by atoms with Crippen LogP contribution in [0.4, 0.5) is 0 Å². The highest BCUT2D eigenvalue weighted by Gasteiger charge is 2.29. The fourth-order valence-corrected chi connectivity index (χ4v) is 3.29. The zero-order valence-corrected chi connectivity index (χ0v) is 11.6. The molecule has 5 nitrogen and oxygen atoms in total. The van der Waals surface area contributed by atoms with Crippen molar-refractivity contribution in [1.29, 1.82) is 0 Å². The van der Waals surface area contributed by atoms with Crippen LogP contribution in [0.1, 0.15) is 36.7 Å². The average Bonchev–Trinajstić information content (AvgIpc) is 2.85. The molecule has 0 saturated carbocycles.